The smallest absolute Gasteiger partial charge is 0.138 e. The van der Waals surface area contributed by atoms with Gasteiger partial charge in [-0.15, -0.1) is 0 Å². The van der Waals surface area contributed by atoms with Crippen molar-refractivity contribution in [3.05, 3.63) is 96.2 Å². The molecule has 0 aliphatic heterocycles. The fourth-order valence-corrected chi connectivity index (χ4v) is 4.15. The maximum Gasteiger partial charge on any atom is 0.138 e. The average Bonchev–Trinajstić information content (AvgIpc) is 3.23. The Bertz CT molecular complexity index is 1300. The van der Waals surface area contributed by atoms with Crippen LogP contribution in [0.2, 0.25) is 0 Å². The van der Waals surface area contributed by atoms with Crippen LogP contribution < -0.4 is 0 Å². The molecule has 0 saturated carbocycles. The predicted molar refractivity (Wildman–Crippen MR) is 106 cm³/mol. The summed E-state index contributed by atoms with van der Waals surface area (Å²) in [6, 6.07) is 28.1. The van der Waals surface area contributed by atoms with E-state index in [1.165, 1.54) is 38.9 Å². The highest BCUT2D eigenvalue weighted by atomic mass is 15.0. The molecule has 0 amide bonds. The van der Waals surface area contributed by atoms with Gasteiger partial charge in [-0.25, -0.2) is 4.98 Å². The van der Waals surface area contributed by atoms with Gasteiger partial charge in [0.2, 0.25) is 0 Å². The van der Waals surface area contributed by atoms with Crippen molar-refractivity contribution in [1.29, 1.82) is 0 Å². The molecule has 1 aliphatic carbocycles. The molecule has 122 valence electrons. The molecular formula is C24H16N2. The van der Waals surface area contributed by atoms with Crippen LogP contribution in [0.25, 0.3) is 38.9 Å². The first-order chi connectivity index (χ1) is 12.9. The molecule has 1 aliphatic rings. The van der Waals surface area contributed by atoms with Crippen LogP contribution >= 0.6 is 0 Å². The molecular weight excluding hydrogens is 316 g/mol. The van der Waals surface area contributed by atoms with Gasteiger partial charge in [-0.2, -0.15) is 0 Å². The molecule has 3 aromatic carbocycles. The first-order valence-corrected chi connectivity index (χ1v) is 8.95. The van der Waals surface area contributed by atoms with Crippen LogP contribution in [0.4, 0.5) is 0 Å². The molecule has 0 bridgehead atoms. The van der Waals surface area contributed by atoms with Crippen LogP contribution in [-0.4, -0.2) is 9.38 Å². The third-order valence-electron chi connectivity index (χ3n) is 5.43. The number of nitrogens with zero attached hydrogens (tertiary/aromatic N) is 2. The summed E-state index contributed by atoms with van der Waals surface area (Å²) < 4.78 is 2.20. The van der Waals surface area contributed by atoms with Gasteiger partial charge in [-0.3, -0.25) is 4.40 Å². The number of aromatic nitrogens is 2. The summed E-state index contributed by atoms with van der Waals surface area (Å²) in [7, 11) is 0. The van der Waals surface area contributed by atoms with E-state index in [0.29, 0.717) is 0 Å². The van der Waals surface area contributed by atoms with Gasteiger partial charge in [-0.05, 0) is 64.1 Å². The van der Waals surface area contributed by atoms with Crippen LogP contribution in [-0.2, 0) is 6.42 Å². The van der Waals surface area contributed by atoms with Gasteiger partial charge in [0, 0.05) is 6.20 Å². The third kappa shape index (κ3) is 1.90. The zero-order chi connectivity index (χ0) is 17.1. The molecule has 0 unspecified atom stereocenters. The van der Waals surface area contributed by atoms with Crippen molar-refractivity contribution in [3.63, 3.8) is 0 Å². The zero-order valence-corrected chi connectivity index (χ0v) is 14.2. The van der Waals surface area contributed by atoms with Crippen molar-refractivity contribution in [2.45, 2.75) is 6.42 Å². The van der Waals surface area contributed by atoms with E-state index in [4.69, 9.17) is 4.98 Å². The number of imidazole rings is 1. The molecule has 0 saturated heterocycles. The Balaban J connectivity index is 1.58. The summed E-state index contributed by atoms with van der Waals surface area (Å²) in [4.78, 5) is 4.90. The number of fused-ring (bicyclic) bond motifs is 6. The number of rotatable bonds is 1. The van der Waals surface area contributed by atoms with Gasteiger partial charge in [0.15, 0.2) is 0 Å². The normalized spacial score (nSPS) is 12.5. The molecule has 2 aromatic heterocycles. The summed E-state index contributed by atoms with van der Waals surface area (Å²) in [6.07, 6.45) is 3.14. The minimum Gasteiger partial charge on any atom is -0.300 e. The molecule has 0 spiro atoms. The molecule has 5 aromatic rings. The molecule has 26 heavy (non-hydrogen) atoms. The van der Waals surface area contributed by atoms with Crippen molar-refractivity contribution in [2.75, 3.05) is 0 Å². The van der Waals surface area contributed by atoms with Crippen molar-refractivity contribution in [3.8, 4) is 22.3 Å². The summed E-state index contributed by atoms with van der Waals surface area (Å²) in [6.45, 7) is 0. The van der Waals surface area contributed by atoms with Gasteiger partial charge in [-0.1, -0.05) is 54.6 Å². The number of hydrogen-bond donors (Lipinski definition) is 0. The SMILES string of the molecule is c1ccc(-c2ccn3c(c2)nc2cc4c(cc23)-c2ccccc2C4)cc1. The second-order valence-electron chi connectivity index (χ2n) is 6.95. The van der Waals surface area contributed by atoms with Crippen molar-refractivity contribution >= 4 is 16.7 Å². The highest BCUT2D eigenvalue weighted by molar-refractivity contribution is 5.90. The topological polar surface area (TPSA) is 17.3 Å². The Morgan fingerprint density at radius 2 is 1.54 bits per heavy atom. The maximum absolute atomic E-state index is 4.90. The molecule has 0 radical (unpaired) electrons. The monoisotopic (exact) mass is 332 g/mol. The number of pyridine rings is 1. The minimum atomic E-state index is 0.998. The van der Waals surface area contributed by atoms with Gasteiger partial charge in [0.05, 0.1) is 11.0 Å². The van der Waals surface area contributed by atoms with E-state index in [1.54, 1.807) is 0 Å². The van der Waals surface area contributed by atoms with Gasteiger partial charge in [0.25, 0.3) is 0 Å². The molecule has 0 N–H and O–H groups in total. The van der Waals surface area contributed by atoms with Crippen molar-refractivity contribution in [1.82, 2.24) is 9.38 Å². The second kappa shape index (κ2) is 5.06. The highest BCUT2D eigenvalue weighted by Gasteiger charge is 2.20. The van der Waals surface area contributed by atoms with Crippen LogP contribution in [0, 0.1) is 0 Å². The van der Waals surface area contributed by atoms with Crippen LogP contribution in [0.15, 0.2) is 85.1 Å². The summed E-state index contributed by atoms with van der Waals surface area (Å²) >= 11 is 0. The molecule has 0 atom stereocenters. The van der Waals surface area contributed by atoms with E-state index in [2.05, 4.69) is 83.4 Å². The largest absolute Gasteiger partial charge is 0.300 e. The minimum absolute atomic E-state index is 0.998. The molecule has 2 heteroatoms. The third-order valence-corrected chi connectivity index (χ3v) is 5.43. The van der Waals surface area contributed by atoms with E-state index in [1.807, 2.05) is 6.07 Å². The van der Waals surface area contributed by atoms with Crippen LogP contribution in [0.1, 0.15) is 11.1 Å². The quantitative estimate of drug-likeness (QED) is 0.376. The van der Waals surface area contributed by atoms with E-state index in [0.717, 1.165) is 17.6 Å². The lowest BCUT2D eigenvalue weighted by Crippen LogP contribution is -1.86. The fraction of sp³-hybridized carbons (Fsp3) is 0.0417. The fourth-order valence-electron chi connectivity index (χ4n) is 4.15. The lowest BCUT2D eigenvalue weighted by atomic mass is 10.1. The van der Waals surface area contributed by atoms with E-state index in [-0.39, 0.29) is 0 Å². The Morgan fingerprint density at radius 1 is 0.692 bits per heavy atom. The van der Waals surface area contributed by atoms with E-state index in [9.17, 15) is 0 Å². The first-order valence-electron chi connectivity index (χ1n) is 8.95. The zero-order valence-electron chi connectivity index (χ0n) is 14.2. The second-order valence-corrected chi connectivity index (χ2v) is 6.95. The molecule has 0 fully saturated rings. The van der Waals surface area contributed by atoms with Crippen molar-refractivity contribution in [2.24, 2.45) is 0 Å². The lowest BCUT2D eigenvalue weighted by molar-refractivity contribution is 1.23. The first kappa shape index (κ1) is 13.9. The van der Waals surface area contributed by atoms with Crippen molar-refractivity contribution < 1.29 is 0 Å². The average molecular weight is 332 g/mol. The van der Waals surface area contributed by atoms with Gasteiger partial charge < -0.3 is 0 Å². The number of hydrogen-bond acceptors (Lipinski definition) is 1. The summed E-state index contributed by atoms with van der Waals surface area (Å²) in [5.74, 6) is 0. The van der Waals surface area contributed by atoms with Gasteiger partial charge in [0.1, 0.15) is 5.65 Å². The summed E-state index contributed by atoms with van der Waals surface area (Å²) in [5.41, 5.74) is 11.2. The molecule has 2 heterocycles. The Hall–Kier alpha value is -3.39. The predicted octanol–water partition coefficient (Wildman–Crippen LogP) is 5.73. The van der Waals surface area contributed by atoms with Gasteiger partial charge >= 0.3 is 0 Å². The Labute approximate surface area is 151 Å². The van der Waals surface area contributed by atoms with Crippen LogP contribution in [0.3, 0.4) is 0 Å². The lowest BCUT2D eigenvalue weighted by Gasteiger charge is -2.04. The van der Waals surface area contributed by atoms with E-state index >= 15 is 0 Å². The standard InChI is InChI=1S/C24H16N2/c1-2-6-16(7-3-1)17-10-11-26-23-15-21-19(13-22(23)25-24(26)14-17)12-18-8-4-5-9-20(18)21/h1-11,13-15H,12H2. The summed E-state index contributed by atoms with van der Waals surface area (Å²) in [5, 5.41) is 0. The Kier molecular flexibility index (Phi) is 2.69. The Morgan fingerprint density at radius 3 is 2.46 bits per heavy atom. The molecule has 6 rings (SSSR count). The maximum atomic E-state index is 4.90. The van der Waals surface area contributed by atoms with E-state index < -0.39 is 0 Å². The van der Waals surface area contributed by atoms with Crippen LogP contribution in [0.5, 0.6) is 0 Å². The highest BCUT2D eigenvalue weighted by Crippen LogP contribution is 2.39. The molecule has 2 nitrogen and oxygen atoms in total. The number of benzene rings is 3.